The Bertz CT molecular complexity index is 1570. The van der Waals surface area contributed by atoms with Crippen molar-refractivity contribution in [2.24, 2.45) is 5.92 Å². The van der Waals surface area contributed by atoms with Crippen LogP contribution < -0.4 is 20.1 Å². The molecule has 0 spiro atoms. The van der Waals surface area contributed by atoms with Gasteiger partial charge in [-0.25, -0.2) is 4.79 Å². The van der Waals surface area contributed by atoms with Crippen molar-refractivity contribution in [2.45, 2.75) is 32.5 Å². The second-order valence-electron chi connectivity index (χ2n) is 11.5. The second kappa shape index (κ2) is 14.7. The van der Waals surface area contributed by atoms with Crippen molar-refractivity contribution in [1.29, 1.82) is 0 Å². The summed E-state index contributed by atoms with van der Waals surface area (Å²) < 4.78 is 12.5. The molecule has 0 bridgehead atoms. The van der Waals surface area contributed by atoms with Crippen LogP contribution in [0, 0.1) is 5.92 Å². The Kier molecular flexibility index (Phi) is 10.3. The van der Waals surface area contributed by atoms with Crippen LogP contribution in [-0.2, 0) is 6.54 Å². The van der Waals surface area contributed by atoms with Gasteiger partial charge in [-0.2, -0.15) is 0 Å². The molecule has 0 fully saturated rings. The summed E-state index contributed by atoms with van der Waals surface area (Å²) >= 11 is 0. The summed E-state index contributed by atoms with van der Waals surface area (Å²) in [5, 5.41) is 15.6. The summed E-state index contributed by atoms with van der Waals surface area (Å²) in [6.07, 6.45) is -0.240. The van der Waals surface area contributed by atoms with E-state index < -0.39 is 6.03 Å². The molecule has 3 amide bonds. The van der Waals surface area contributed by atoms with E-state index in [1.54, 1.807) is 35.2 Å². The van der Waals surface area contributed by atoms with Crippen LogP contribution in [0.3, 0.4) is 0 Å². The number of rotatable bonds is 10. The average molecular weight is 609 g/mol. The number of fused-ring (bicyclic) bond motifs is 1. The minimum atomic E-state index is -0.422. The standard InChI is InChI=1S/C36H40N4O5/c1-25-21-40(26(2)24-41)35(42)32-20-29(38-36(43)37-28-10-6-4-7-11-28)16-19-33(32)45-34(25)23-39(3)22-27-14-17-31(18-15-27)44-30-12-8-5-9-13-30/h4-20,25-26,34,41H,21-24H2,1-3H3,(H2,37,38,43)/t25-,26+,34-/m0/s1. The van der Waals surface area contributed by atoms with Gasteiger partial charge in [-0.05, 0) is 74.1 Å². The topological polar surface area (TPSA) is 103 Å². The van der Waals surface area contributed by atoms with Gasteiger partial charge in [-0.1, -0.05) is 55.5 Å². The summed E-state index contributed by atoms with van der Waals surface area (Å²) in [6.45, 7) is 5.44. The van der Waals surface area contributed by atoms with Crippen molar-refractivity contribution in [3.63, 3.8) is 0 Å². The SMILES string of the molecule is C[C@H](CO)N1C[C@H](C)[C@H](CN(C)Cc2ccc(Oc3ccccc3)cc2)Oc2ccc(NC(=O)Nc3ccccc3)cc2C1=O. The summed E-state index contributed by atoms with van der Waals surface area (Å²) in [5.74, 6) is 1.73. The molecule has 4 aromatic rings. The Labute approximate surface area is 264 Å². The zero-order valence-electron chi connectivity index (χ0n) is 25.9. The third-order valence-corrected chi connectivity index (χ3v) is 7.80. The van der Waals surface area contributed by atoms with E-state index in [4.69, 9.17) is 9.47 Å². The second-order valence-corrected chi connectivity index (χ2v) is 11.5. The Morgan fingerprint density at radius 1 is 0.956 bits per heavy atom. The van der Waals surface area contributed by atoms with E-state index in [0.717, 1.165) is 17.1 Å². The van der Waals surface area contributed by atoms with Gasteiger partial charge in [-0.15, -0.1) is 0 Å². The summed E-state index contributed by atoms with van der Waals surface area (Å²) in [7, 11) is 2.04. The van der Waals surface area contributed by atoms with Crippen molar-refractivity contribution >= 4 is 23.3 Å². The molecule has 1 aliphatic heterocycles. The number of benzene rings is 4. The number of ether oxygens (including phenoxy) is 2. The number of aliphatic hydroxyl groups is 1. The van der Waals surface area contributed by atoms with Gasteiger partial charge in [0.05, 0.1) is 18.2 Å². The lowest BCUT2D eigenvalue weighted by Crippen LogP contribution is -2.49. The summed E-state index contributed by atoms with van der Waals surface area (Å²) in [4.78, 5) is 30.3. The molecule has 9 heteroatoms. The Morgan fingerprint density at radius 2 is 1.60 bits per heavy atom. The van der Waals surface area contributed by atoms with Gasteiger partial charge in [-0.3, -0.25) is 9.69 Å². The molecule has 0 saturated carbocycles. The highest BCUT2D eigenvalue weighted by Gasteiger charge is 2.33. The van der Waals surface area contributed by atoms with Crippen LogP contribution in [0.4, 0.5) is 16.2 Å². The van der Waals surface area contributed by atoms with E-state index in [-0.39, 0.29) is 30.6 Å². The van der Waals surface area contributed by atoms with Crippen LogP contribution >= 0.6 is 0 Å². The monoisotopic (exact) mass is 608 g/mol. The maximum absolute atomic E-state index is 13.8. The molecule has 234 valence electrons. The molecule has 0 aromatic heterocycles. The molecule has 1 aliphatic rings. The minimum Gasteiger partial charge on any atom is -0.488 e. The first-order valence-electron chi connectivity index (χ1n) is 15.1. The molecule has 4 aromatic carbocycles. The Balaban J connectivity index is 1.29. The largest absolute Gasteiger partial charge is 0.488 e. The predicted molar refractivity (Wildman–Crippen MR) is 176 cm³/mol. The Morgan fingerprint density at radius 3 is 2.29 bits per heavy atom. The number of nitrogens with one attached hydrogen (secondary N) is 2. The van der Waals surface area contributed by atoms with E-state index in [9.17, 15) is 14.7 Å². The van der Waals surface area contributed by atoms with Crippen molar-refractivity contribution in [3.8, 4) is 17.2 Å². The highest BCUT2D eigenvalue weighted by molar-refractivity contribution is 6.02. The molecule has 9 nitrogen and oxygen atoms in total. The lowest BCUT2D eigenvalue weighted by Gasteiger charge is -2.38. The first-order valence-corrected chi connectivity index (χ1v) is 15.1. The quantitative estimate of drug-likeness (QED) is 0.191. The molecular weight excluding hydrogens is 568 g/mol. The molecule has 3 atom stereocenters. The van der Waals surface area contributed by atoms with Gasteiger partial charge in [0.25, 0.3) is 5.91 Å². The van der Waals surface area contributed by atoms with E-state index in [2.05, 4.69) is 34.6 Å². The normalized spacial score (nSPS) is 17.0. The number of para-hydroxylation sites is 2. The highest BCUT2D eigenvalue weighted by Crippen LogP contribution is 2.31. The lowest BCUT2D eigenvalue weighted by atomic mass is 9.99. The van der Waals surface area contributed by atoms with Gasteiger partial charge < -0.3 is 30.1 Å². The third-order valence-electron chi connectivity index (χ3n) is 7.80. The zero-order valence-corrected chi connectivity index (χ0v) is 25.9. The number of carbonyl (C=O) groups is 2. The van der Waals surface area contributed by atoms with Crippen LogP contribution in [0.2, 0.25) is 0 Å². The maximum Gasteiger partial charge on any atom is 0.323 e. The Hall–Kier alpha value is -4.86. The van der Waals surface area contributed by atoms with Gasteiger partial charge >= 0.3 is 6.03 Å². The first kappa shape index (κ1) is 31.6. The molecule has 5 rings (SSSR count). The van der Waals surface area contributed by atoms with Crippen molar-refractivity contribution < 1.29 is 24.2 Å². The van der Waals surface area contributed by atoms with Crippen LogP contribution in [0.15, 0.2) is 103 Å². The van der Waals surface area contributed by atoms with Gasteiger partial charge in [0.15, 0.2) is 0 Å². The molecule has 0 unspecified atom stereocenters. The lowest BCUT2D eigenvalue weighted by molar-refractivity contribution is 0.0341. The minimum absolute atomic E-state index is 0.0188. The number of aliphatic hydroxyl groups excluding tert-OH is 1. The van der Waals surface area contributed by atoms with E-state index >= 15 is 0 Å². The van der Waals surface area contributed by atoms with Crippen LogP contribution in [0.25, 0.3) is 0 Å². The number of hydrogen-bond acceptors (Lipinski definition) is 6. The smallest absolute Gasteiger partial charge is 0.323 e. The molecule has 45 heavy (non-hydrogen) atoms. The zero-order chi connectivity index (χ0) is 31.8. The molecule has 3 N–H and O–H groups in total. The van der Waals surface area contributed by atoms with Crippen LogP contribution in [0.1, 0.15) is 29.8 Å². The number of anilines is 2. The molecule has 0 aliphatic carbocycles. The fourth-order valence-corrected chi connectivity index (χ4v) is 5.30. The molecule has 0 saturated heterocycles. The van der Waals surface area contributed by atoms with Crippen LogP contribution in [-0.4, -0.2) is 65.7 Å². The number of carbonyl (C=O) groups excluding carboxylic acids is 2. The van der Waals surface area contributed by atoms with Crippen molar-refractivity contribution in [3.05, 3.63) is 114 Å². The van der Waals surface area contributed by atoms with E-state index in [0.29, 0.717) is 42.3 Å². The molecular formula is C36H40N4O5. The van der Waals surface area contributed by atoms with E-state index in [1.807, 2.05) is 74.6 Å². The van der Waals surface area contributed by atoms with E-state index in [1.165, 1.54) is 0 Å². The van der Waals surface area contributed by atoms with Crippen molar-refractivity contribution in [2.75, 3.05) is 37.4 Å². The fourth-order valence-electron chi connectivity index (χ4n) is 5.30. The number of nitrogens with zero attached hydrogens (tertiary/aromatic N) is 2. The molecule has 1 heterocycles. The van der Waals surface area contributed by atoms with Gasteiger partial charge in [0.1, 0.15) is 23.4 Å². The number of hydrogen-bond donors (Lipinski definition) is 3. The number of amides is 3. The van der Waals surface area contributed by atoms with Crippen LogP contribution in [0.5, 0.6) is 17.2 Å². The first-order chi connectivity index (χ1) is 21.8. The predicted octanol–water partition coefficient (Wildman–Crippen LogP) is 6.48. The summed E-state index contributed by atoms with van der Waals surface area (Å²) in [6, 6.07) is 31.1. The summed E-state index contributed by atoms with van der Waals surface area (Å²) in [5.41, 5.74) is 2.58. The van der Waals surface area contributed by atoms with Gasteiger partial charge in [0, 0.05) is 36.9 Å². The number of urea groups is 1. The van der Waals surface area contributed by atoms with Crippen molar-refractivity contribution in [1.82, 2.24) is 9.80 Å². The highest BCUT2D eigenvalue weighted by atomic mass is 16.5. The fraction of sp³-hybridized carbons (Fsp3) is 0.278. The average Bonchev–Trinajstić information content (AvgIpc) is 3.04. The van der Waals surface area contributed by atoms with Gasteiger partial charge in [0.2, 0.25) is 0 Å². The maximum atomic E-state index is 13.8. The molecule has 0 radical (unpaired) electrons. The third kappa shape index (κ3) is 8.41. The number of likely N-dealkylation sites (N-methyl/N-ethyl adjacent to an activating group) is 1.